The molecule has 260 valence electrons. The van der Waals surface area contributed by atoms with E-state index < -0.39 is 0 Å². The van der Waals surface area contributed by atoms with Gasteiger partial charge in [-0.1, -0.05) is 188 Å². The Kier molecular flexibility index (Phi) is 7.53. The number of benzene rings is 10. The lowest BCUT2D eigenvalue weighted by atomic mass is 9.83. The zero-order chi connectivity index (χ0) is 37.0. The molecule has 0 N–H and O–H groups in total. The van der Waals surface area contributed by atoms with Crippen molar-refractivity contribution in [1.29, 1.82) is 0 Å². The zero-order valence-electron chi connectivity index (χ0n) is 30.5. The highest BCUT2D eigenvalue weighted by atomic mass is 14.9. The molecular weight excluding hydrogens is 677 g/mol. The van der Waals surface area contributed by atoms with Crippen molar-refractivity contribution in [2.75, 3.05) is 0 Å². The highest BCUT2D eigenvalue weighted by Crippen LogP contribution is 2.48. The first-order chi connectivity index (χ1) is 27.8. The molecule has 1 aromatic heterocycles. The summed E-state index contributed by atoms with van der Waals surface area (Å²) < 4.78 is 0. The van der Waals surface area contributed by atoms with Gasteiger partial charge in [0.1, 0.15) is 0 Å². The molecule has 0 bridgehead atoms. The minimum absolute atomic E-state index is 0.708. The lowest BCUT2D eigenvalue weighted by Crippen LogP contribution is -1.99. The van der Waals surface area contributed by atoms with Gasteiger partial charge in [-0.3, -0.25) is 0 Å². The number of rotatable bonds is 5. The van der Waals surface area contributed by atoms with Crippen molar-refractivity contribution in [3.63, 3.8) is 0 Å². The van der Waals surface area contributed by atoms with E-state index in [1.807, 2.05) is 0 Å². The predicted molar refractivity (Wildman–Crippen MR) is 237 cm³/mol. The third-order valence-electron chi connectivity index (χ3n) is 11.2. The molecule has 10 aromatic carbocycles. The van der Waals surface area contributed by atoms with E-state index in [1.54, 1.807) is 0 Å². The molecular formula is C54H34N2. The monoisotopic (exact) mass is 710 g/mol. The maximum absolute atomic E-state index is 5.46. The van der Waals surface area contributed by atoms with Crippen LogP contribution in [0.5, 0.6) is 0 Å². The van der Waals surface area contributed by atoms with Gasteiger partial charge >= 0.3 is 0 Å². The summed E-state index contributed by atoms with van der Waals surface area (Å²) in [4.78, 5) is 10.9. The lowest BCUT2D eigenvalue weighted by molar-refractivity contribution is 1.19. The summed E-state index contributed by atoms with van der Waals surface area (Å²) in [5.41, 5.74) is 9.72. The van der Waals surface area contributed by atoms with Crippen LogP contribution in [0.4, 0.5) is 0 Å². The predicted octanol–water partition coefficient (Wildman–Crippen LogP) is 14.6. The van der Waals surface area contributed by atoms with Crippen molar-refractivity contribution in [3.05, 3.63) is 206 Å². The largest absolute Gasteiger partial charge is 0.228 e. The summed E-state index contributed by atoms with van der Waals surface area (Å²) in [5.74, 6) is 0.708. The molecule has 0 atom stereocenters. The van der Waals surface area contributed by atoms with Gasteiger partial charge in [0.25, 0.3) is 0 Å². The van der Waals surface area contributed by atoms with E-state index in [4.69, 9.17) is 9.97 Å². The fourth-order valence-corrected chi connectivity index (χ4v) is 8.68. The van der Waals surface area contributed by atoms with Crippen LogP contribution in [0.1, 0.15) is 0 Å². The van der Waals surface area contributed by atoms with Crippen LogP contribution in [0.2, 0.25) is 0 Å². The molecule has 0 spiro atoms. The summed E-state index contributed by atoms with van der Waals surface area (Å²) in [6.07, 6.45) is 0. The van der Waals surface area contributed by atoms with Crippen molar-refractivity contribution in [3.8, 4) is 56.2 Å². The van der Waals surface area contributed by atoms with Crippen LogP contribution in [0.15, 0.2) is 206 Å². The van der Waals surface area contributed by atoms with Gasteiger partial charge in [-0.25, -0.2) is 9.97 Å². The second-order valence-corrected chi connectivity index (χ2v) is 14.5. The van der Waals surface area contributed by atoms with Crippen molar-refractivity contribution in [2.24, 2.45) is 0 Å². The van der Waals surface area contributed by atoms with Gasteiger partial charge in [0.05, 0.1) is 11.4 Å². The molecule has 1 heterocycles. The first kappa shape index (κ1) is 32.0. The average Bonchev–Trinajstić information content (AvgIpc) is 3.28. The van der Waals surface area contributed by atoms with Crippen LogP contribution in [-0.2, 0) is 0 Å². The first-order valence-electron chi connectivity index (χ1n) is 19.2. The van der Waals surface area contributed by atoms with Crippen LogP contribution in [0, 0.1) is 0 Å². The molecule has 0 aliphatic carbocycles. The second kappa shape index (κ2) is 13.2. The van der Waals surface area contributed by atoms with Crippen LogP contribution in [0.3, 0.4) is 0 Å². The smallest absolute Gasteiger partial charge is 0.161 e. The highest BCUT2D eigenvalue weighted by molar-refractivity contribution is 6.29. The molecule has 0 radical (unpaired) electrons. The zero-order valence-corrected chi connectivity index (χ0v) is 30.5. The maximum atomic E-state index is 5.46. The summed E-state index contributed by atoms with van der Waals surface area (Å²) in [7, 11) is 0. The molecule has 0 amide bonds. The second-order valence-electron chi connectivity index (χ2n) is 14.5. The van der Waals surface area contributed by atoms with Crippen LogP contribution < -0.4 is 0 Å². The Morgan fingerprint density at radius 3 is 1.38 bits per heavy atom. The van der Waals surface area contributed by atoms with E-state index in [9.17, 15) is 0 Å². The van der Waals surface area contributed by atoms with Gasteiger partial charge in [0, 0.05) is 16.7 Å². The van der Waals surface area contributed by atoms with Crippen molar-refractivity contribution in [2.45, 2.75) is 0 Å². The van der Waals surface area contributed by atoms with E-state index in [0.717, 1.165) is 44.4 Å². The molecule has 0 aliphatic heterocycles. The summed E-state index contributed by atoms with van der Waals surface area (Å²) in [6.45, 7) is 0. The molecule has 2 nitrogen and oxygen atoms in total. The maximum Gasteiger partial charge on any atom is 0.161 e. The molecule has 0 aliphatic rings. The van der Waals surface area contributed by atoms with Crippen molar-refractivity contribution >= 4 is 53.9 Å². The number of nitrogens with zero attached hydrogens (tertiary/aromatic N) is 2. The molecule has 0 unspecified atom stereocenters. The van der Waals surface area contributed by atoms with Gasteiger partial charge < -0.3 is 0 Å². The standard InChI is InChI=1S/C54H34N2/c1-3-16-35(17-4-1)38-22-15-23-40(32-38)50-34-49(37-19-5-2-6-20-37)55-54(56-50)53-45-28-13-11-26-43(45)52(44-27-12-14-29-46(44)53)51-42-25-10-8-21-39(42)33-48-41-24-9-7-18-36(41)30-31-47(48)51/h1-34H. The van der Waals surface area contributed by atoms with Crippen LogP contribution in [-0.4, -0.2) is 9.97 Å². The van der Waals surface area contributed by atoms with Gasteiger partial charge in [-0.15, -0.1) is 0 Å². The molecule has 11 rings (SSSR count). The summed E-state index contributed by atoms with van der Waals surface area (Å²) >= 11 is 0. The van der Waals surface area contributed by atoms with Gasteiger partial charge in [0.2, 0.25) is 0 Å². The summed E-state index contributed by atoms with van der Waals surface area (Å²) in [5, 5.41) is 12.1. The van der Waals surface area contributed by atoms with Crippen LogP contribution in [0.25, 0.3) is 110 Å². The first-order valence-corrected chi connectivity index (χ1v) is 19.2. The molecule has 56 heavy (non-hydrogen) atoms. The number of hydrogen-bond acceptors (Lipinski definition) is 2. The van der Waals surface area contributed by atoms with E-state index in [-0.39, 0.29) is 0 Å². The van der Waals surface area contributed by atoms with E-state index >= 15 is 0 Å². The minimum Gasteiger partial charge on any atom is -0.228 e. The highest BCUT2D eigenvalue weighted by Gasteiger charge is 2.22. The Hall–Kier alpha value is -7.42. The van der Waals surface area contributed by atoms with E-state index in [1.165, 1.54) is 59.8 Å². The Balaban J connectivity index is 1.24. The lowest BCUT2D eigenvalue weighted by Gasteiger charge is -2.20. The normalized spacial score (nSPS) is 11.6. The van der Waals surface area contributed by atoms with E-state index in [0.29, 0.717) is 5.82 Å². The van der Waals surface area contributed by atoms with E-state index in [2.05, 4.69) is 206 Å². The Bertz CT molecular complexity index is 3240. The Morgan fingerprint density at radius 1 is 0.232 bits per heavy atom. The fraction of sp³-hybridized carbons (Fsp3) is 0. The average molecular weight is 711 g/mol. The van der Waals surface area contributed by atoms with Gasteiger partial charge in [0.15, 0.2) is 5.82 Å². The minimum atomic E-state index is 0.708. The van der Waals surface area contributed by atoms with Gasteiger partial charge in [-0.2, -0.15) is 0 Å². The van der Waals surface area contributed by atoms with Crippen molar-refractivity contribution < 1.29 is 0 Å². The topological polar surface area (TPSA) is 25.8 Å². The molecule has 11 aromatic rings. The fourth-order valence-electron chi connectivity index (χ4n) is 8.68. The van der Waals surface area contributed by atoms with Crippen LogP contribution >= 0.6 is 0 Å². The Morgan fingerprint density at radius 2 is 0.696 bits per heavy atom. The quantitative estimate of drug-likeness (QED) is 0.131. The van der Waals surface area contributed by atoms with Crippen molar-refractivity contribution in [1.82, 2.24) is 9.97 Å². The molecule has 0 saturated heterocycles. The third kappa shape index (κ3) is 5.26. The SMILES string of the molecule is c1ccc(-c2cccc(-c3cc(-c4ccccc4)nc(-c4c5ccccc5c(-c5c6ccccc6cc6c5ccc5ccccc56)c5ccccc45)n3)c2)cc1. The number of fused-ring (bicyclic) bond motifs is 6. The molecule has 2 heteroatoms. The molecule has 0 fully saturated rings. The molecule has 0 saturated carbocycles. The third-order valence-corrected chi connectivity index (χ3v) is 11.2. The number of aromatic nitrogens is 2. The van der Waals surface area contributed by atoms with Gasteiger partial charge in [-0.05, 0) is 94.3 Å². The summed E-state index contributed by atoms with van der Waals surface area (Å²) in [6, 6.07) is 74.0. The Labute approximate surface area is 325 Å². The number of hydrogen-bond donors (Lipinski definition) is 0.